The molecule has 0 saturated carbocycles. The monoisotopic (exact) mass is 219 g/mol. The van der Waals surface area contributed by atoms with E-state index in [2.05, 4.69) is 11.6 Å². The third kappa shape index (κ3) is 1.93. The standard InChI is InChI=1S/C10H9N3OS/c1-7-9(14)12-10(15-7)13(11)8-5-3-2-4-6-8/h2-6H,1,11H2. The van der Waals surface area contributed by atoms with Gasteiger partial charge in [0.1, 0.15) is 0 Å². The average molecular weight is 219 g/mol. The lowest BCUT2D eigenvalue weighted by Gasteiger charge is -2.16. The Bertz CT molecular complexity index is 441. The fraction of sp³-hybridized carbons (Fsp3) is 0. The third-order valence-corrected chi connectivity index (χ3v) is 2.78. The van der Waals surface area contributed by atoms with E-state index < -0.39 is 0 Å². The van der Waals surface area contributed by atoms with Gasteiger partial charge in [0.05, 0.1) is 10.6 Å². The van der Waals surface area contributed by atoms with Crippen molar-refractivity contribution >= 4 is 28.5 Å². The molecule has 0 atom stereocenters. The van der Waals surface area contributed by atoms with Crippen LogP contribution in [0.25, 0.3) is 0 Å². The van der Waals surface area contributed by atoms with Gasteiger partial charge in [0.15, 0.2) is 5.17 Å². The minimum atomic E-state index is -0.318. The molecule has 76 valence electrons. The lowest BCUT2D eigenvalue weighted by molar-refractivity contribution is -0.113. The van der Waals surface area contributed by atoms with Crippen LogP contribution in [0.1, 0.15) is 0 Å². The predicted octanol–water partition coefficient (Wildman–Crippen LogP) is 1.51. The molecule has 2 N–H and O–H groups in total. The first-order valence-electron chi connectivity index (χ1n) is 4.28. The number of hydrogen-bond acceptors (Lipinski definition) is 4. The summed E-state index contributed by atoms with van der Waals surface area (Å²) in [5, 5.41) is 1.83. The molecule has 2 rings (SSSR count). The molecule has 4 nitrogen and oxygen atoms in total. The van der Waals surface area contributed by atoms with E-state index >= 15 is 0 Å². The second-order valence-corrected chi connectivity index (χ2v) is 3.99. The molecule has 0 aromatic heterocycles. The van der Waals surface area contributed by atoms with E-state index in [0.717, 1.165) is 5.69 Å². The van der Waals surface area contributed by atoms with Crippen molar-refractivity contribution in [3.63, 3.8) is 0 Å². The number of rotatable bonds is 1. The van der Waals surface area contributed by atoms with Crippen molar-refractivity contribution in [1.82, 2.24) is 0 Å². The Balaban J connectivity index is 2.24. The van der Waals surface area contributed by atoms with Crippen LogP contribution in [-0.2, 0) is 4.79 Å². The second-order valence-electron chi connectivity index (χ2n) is 2.93. The van der Waals surface area contributed by atoms with Crippen molar-refractivity contribution in [2.45, 2.75) is 0 Å². The fourth-order valence-electron chi connectivity index (χ4n) is 1.13. The number of amides is 1. The molecule has 1 aliphatic heterocycles. The minimum absolute atomic E-state index is 0.318. The van der Waals surface area contributed by atoms with Gasteiger partial charge in [-0.3, -0.25) is 9.80 Å². The molecule has 0 fully saturated rings. The van der Waals surface area contributed by atoms with Gasteiger partial charge in [-0.05, 0) is 23.9 Å². The zero-order valence-corrected chi connectivity index (χ0v) is 8.70. The van der Waals surface area contributed by atoms with Crippen LogP contribution in [0, 0.1) is 0 Å². The molecule has 0 aliphatic carbocycles. The molecule has 1 amide bonds. The summed E-state index contributed by atoms with van der Waals surface area (Å²) in [5.74, 6) is 5.49. The number of para-hydroxylation sites is 1. The zero-order valence-electron chi connectivity index (χ0n) is 7.88. The summed E-state index contributed by atoms with van der Waals surface area (Å²) in [7, 11) is 0. The highest BCUT2D eigenvalue weighted by atomic mass is 32.2. The van der Waals surface area contributed by atoms with Crippen molar-refractivity contribution in [1.29, 1.82) is 0 Å². The SMILES string of the molecule is C=C1SC(N(N)c2ccccc2)=NC1=O. The highest BCUT2D eigenvalue weighted by Crippen LogP contribution is 2.27. The van der Waals surface area contributed by atoms with Crippen molar-refractivity contribution in [2.24, 2.45) is 10.8 Å². The van der Waals surface area contributed by atoms with Crippen LogP contribution >= 0.6 is 11.8 Å². The lowest BCUT2D eigenvalue weighted by atomic mass is 10.3. The van der Waals surface area contributed by atoms with Crippen LogP contribution in [0.2, 0.25) is 0 Å². The first kappa shape index (κ1) is 9.95. The van der Waals surface area contributed by atoms with Crippen molar-refractivity contribution < 1.29 is 4.79 Å². The number of aliphatic imine (C=N–C) groups is 1. The van der Waals surface area contributed by atoms with E-state index in [1.807, 2.05) is 30.3 Å². The average Bonchev–Trinajstić information content (AvgIpc) is 2.59. The summed E-state index contributed by atoms with van der Waals surface area (Å²) >= 11 is 1.18. The lowest BCUT2D eigenvalue weighted by Crippen LogP contribution is -2.34. The Morgan fingerprint density at radius 3 is 2.53 bits per heavy atom. The number of nitrogens with zero attached hydrogens (tertiary/aromatic N) is 2. The number of anilines is 1. The maximum Gasteiger partial charge on any atom is 0.285 e. The van der Waals surface area contributed by atoms with Crippen LogP contribution < -0.4 is 10.9 Å². The number of carbonyl (C=O) groups excluding carboxylic acids is 1. The number of amidine groups is 1. The van der Waals surface area contributed by atoms with Gasteiger partial charge < -0.3 is 0 Å². The molecule has 0 radical (unpaired) electrons. The topological polar surface area (TPSA) is 58.7 Å². The molecule has 1 aromatic carbocycles. The Morgan fingerprint density at radius 1 is 1.33 bits per heavy atom. The van der Waals surface area contributed by atoms with Crippen LogP contribution in [-0.4, -0.2) is 11.1 Å². The van der Waals surface area contributed by atoms with E-state index in [1.54, 1.807) is 0 Å². The molecule has 1 aromatic rings. The summed E-state index contributed by atoms with van der Waals surface area (Å²) in [5.41, 5.74) is 0.784. The Hall–Kier alpha value is -1.59. The number of carbonyl (C=O) groups is 1. The molecular formula is C10H9N3OS. The second kappa shape index (κ2) is 3.88. The van der Waals surface area contributed by atoms with Crippen LogP contribution in [0.4, 0.5) is 5.69 Å². The van der Waals surface area contributed by atoms with Crippen LogP contribution in [0.15, 0.2) is 46.8 Å². The zero-order chi connectivity index (χ0) is 10.8. The highest BCUT2D eigenvalue weighted by molar-refractivity contribution is 8.18. The maximum atomic E-state index is 11.1. The Morgan fingerprint density at radius 2 is 2.00 bits per heavy atom. The molecule has 5 heteroatoms. The van der Waals surface area contributed by atoms with Crippen molar-refractivity contribution in [2.75, 3.05) is 5.01 Å². The van der Waals surface area contributed by atoms with Gasteiger partial charge in [0.2, 0.25) is 0 Å². The predicted molar refractivity (Wildman–Crippen MR) is 62.3 cm³/mol. The highest BCUT2D eigenvalue weighted by Gasteiger charge is 2.23. The van der Waals surface area contributed by atoms with E-state index in [9.17, 15) is 4.79 Å². The molecule has 0 spiro atoms. The molecule has 0 bridgehead atoms. The van der Waals surface area contributed by atoms with Gasteiger partial charge in [-0.25, -0.2) is 5.84 Å². The molecule has 0 saturated heterocycles. The maximum absolute atomic E-state index is 11.1. The van der Waals surface area contributed by atoms with Gasteiger partial charge in [-0.15, -0.1) is 0 Å². The van der Waals surface area contributed by atoms with Crippen molar-refractivity contribution in [3.8, 4) is 0 Å². The van der Waals surface area contributed by atoms with Crippen LogP contribution in [0.5, 0.6) is 0 Å². The first-order valence-corrected chi connectivity index (χ1v) is 5.10. The van der Waals surface area contributed by atoms with Gasteiger partial charge in [0.25, 0.3) is 5.91 Å². The van der Waals surface area contributed by atoms with Gasteiger partial charge in [0, 0.05) is 0 Å². The Kier molecular flexibility index (Phi) is 2.57. The summed E-state index contributed by atoms with van der Waals surface area (Å²) in [4.78, 5) is 15.3. The minimum Gasteiger partial charge on any atom is -0.266 e. The summed E-state index contributed by atoms with van der Waals surface area (Å²) in [6.45, 7) is 3.58. The molecule has 1 heterocycles. The van der Waals surface area contributed by atoms with Crippen molar-refractivity contribution in [3.05, 3.63) is 41.8 Å². The number of hydrazine groups is 1. The Labute approximate surface area is 91.4 Å². The van der Waals surface area contributed by atoms with Gasteiger partial charge >= 0.3 is 0 Å². The van der Waals surface area contributed by atoms with Gasteiger partial charge in [-0.1, -0.05) is 24.8 Å². The number of benzene rings is 1. The number of thioether (sulfide) groups is 1. The third-order valence-electron chi connectivity index (χ3n) is 1.89. The summed E-state index contributed by atoms with van der Waals surface area (Å²) in [6, 6.07) is 9.31. The largest absolute Gasteiger partial charge is 0.285 e. The molecular weight excluding hydrogens is 210 g/mol. The summed E-state index contributed by atoms with van der Waals surface area (Å²) in [6.07, 6.45) is 0. The summed E-state index contributed by atoms with van der Waals surface area (Å²) < 4.78 is 0. The van der Waals surface area contributed by atoms with E-state index in [-0.39, 0.29) is 5.91 Å². The number of nitrogens with two attached hydrogens (primary N) is 1. The first-order chi connectivity index (χ1) is 7.18. The molecule has 15 heavy (non-hydrogen) atoms. The van der Waals surface area contributed by atoms with E-state index in [1.165, 1.54) is 16.8 Å². The normalized spacial score (nSPS) is 15.4. The quantitative estimate of drug-likeness (QED) is 0.442. The van der Waals surface area contributed by atoms with Gasteiger partial charge in [-0.2, -0.15) is 4.99 Å². The molecule has 0 unspecified atom stereocenters. The number of hydrogen-bond donors (Lipinski definition) is 1. The molecule has 1 aliphatic rings. The fourth-order valence-corrected chi connectivity index (χ4v) is 1.81. The van der Waals surface area contributed by atoms with Crippen LogP contribution in [0.3, 0.4) is 0 Å². The van der Waals surface area contributed by atoms with E-state index in [4.69, 9.17) is 5.84 Å². The van der Waals surface area contributed by atoms with E-state index in [0.29, 0.717) is 10.1 Å². The smallest absolute Gasteiger partial charge is 0.266 e.